The van der Waals surface area contributed by atoms with E-state index in [0.29, 0.717) is 12.2 Å². The summed E-state index contributed by atoms with van der Waals surface area (Å²) in [4.78, 5) is 25.3. The Hall–Kier alpha value is -2.86. The molecule has 4 heterocycles. The van der Waals surface area contributed by atoms with Crippen LogP contribution in [0.4, 0.5) is 0 Å². The van der Waals surface area contributed by atoms with Gasteiger partial charge in [-0.25, -0.2) is 4.98 Å². The standard InChI is InChI=1S/C19H18N4O2/c24-19(22-11-14-2-1-9-25-14)18-10-15(13-3-6-20-7-4-13)16-12-21-8-5-17(16)23-18/h3-8,10,12,14H,1-2,9,11H2,(H,22,24)/t14-/m0/s1. The van der Waals surface area contributed by atoms with Crippen molar-refractivity contribution in [3.8, 4) is 11.1 Å². The Kier molecular flexibility index (Phi) is 4.35. The molecule has 1 atom stereocenters. The van der Waals surface area contributed by atoms with Gasteiger partial charge < -0.3 is 10.1 Å². The van der Waals surface area contributed by atoms with E-state index in [2.05, 4.69) is 20.3 Å². The van der Waals surface area contributed by atoms with Crippen LogP contribution in [0.2, 0.25) is 0 Å². The van der Waals surface area contributed by atoms with E-state index in [1.54, 1.807) is 24.8 Å². The first kappa shape index (κ1) is 15.7. The smallest absolute Gasteiger partial charge is 0.270 e. The van der Waals surface area contributed by atoms with Gasteiger partial charge in [0, 0.05) is 43.3 Å². The summed E-state index contributed by atoms with van der Waals surface area (Å²) in [6.07, 6.45) is 9.05. The van der Waals surface area contributed by atoms with Crippen LogP contribution in [0.15, 0.2) is 49.1 Å². The molecule has 1 N–H and O–H groups in total. The molecule has 0 saturated carbocycles. The number of hydrogen-bond acceptors (Lipinski definition) is 5. The molecule has 0 spiro atoms. The topological polar surface area (TPSA) is 77.0 Å². The van der Waals surface area contributed by atoms with Crippen LogP contribution >= 0.6 is 0 Å². The maximum absolute atomic E-state index is 12.6. The number of rotatable bonds is 4. The number of fused-ring (bicyclic) bond motifs is 1. The van der Waals surface area contributed by atoms with Crippen molar-refractivity contribution in [2.24, 2.45) is 0 Å². The number of ether oxygens (including phenoxy) is 1. The third kappa shape index (κ3) is 3.34. The highest BCUT2D eigenvalue weighted by atomic mass is 16.5. The first-order valence-electron chi connectivity index (χ1n) is 8.36. The molecule has 1 saturated heterocycles. The Balaban J connectivity index is 1.68. The Morgan fingerprint density at radius 2 is 2.04 bits per heavy atom. The zero-order chi connectivity index (χ0) is 17.1. The van der Waals surface area contributed by atoms with Crippen molar-refractivity contribution in [1.29, 1.82) is 0 Å². The fourth-order valence-electron chi connectivity index (χ4n) is 3.06. The lowest BCUT2D eigenvalue weighted by Crippen LogP contribution is -2.32. The number of nitrogens with zero attached hydrogens (tertiary/aromatic N) is 3. The summed E-state index contributed by atoms with van der Waals surface area (Å²) in [6.45, 7) is 1.29. The number of amides is 1. The maximum atomic E-state index is 12.6. The summed E-state index contributed by atoms with van der Waals surface area (Å²) >= 11 is 0. The minimum Gasteiger partial charge on any atom is -0.376 e. The molecule has 3 aromatic rings. The quantitative estimate of drug-likeness (QED) is 0.793. The summed E-state index contributed by atoms with van der Waals surface area (Å²) in [5.74, 6) is -0.190. The molecule has 4 rings (SSSR count). The van der Waals surface area contributed by atoms with Crippen LogP contribution in [0.3, 0.4) is 0 Å². The summed E-state index contributed by atoms with van der Waals surface area (Å²) in [7, 11) is 0. The van der Waals surface area contributed by atoms with Crippen LogP contribution in [0.25, 0.3) is 22.0 Å². The summed E-state index contributed by atoms with van der Waals surface area (Å²) < 4.78 is 5.55. The normalized spacial score (nSPS) is 16.9. The number of aromatic nitrogens is 3. The molecule has 0 bridgehead atoms. The van der Waals surface area contributed by atoms with E-state index in [9.17, 15) is 4.79 Å². The van der Waals surface area contributed by atoms with Crippen molar-refractivity contribution in [1.82, 2.24) is 20.3 Å². The van der Waals surface area contributed by atoms with Crippen LogP contribution in [0.1, 0.15) is 23.3 Å². The molecule has 0 unspecified atom stereocenters. The van der Waals surface area contributed by atoms with Gasteiger partial charge in [0.15, 0.2) is 0 Å². The van der Waals surface area contributed by atoms with Crippen molar-refractivity contribution in [3.05, 3.63) is 54.7 Å². The van der Waals surface area contributed by atoms with Crippen molar-refractivity contribution in [2.75, 3.05) is 13.2 Å². The summed E-state index contributed by atoms with van der Waals surface area (Å²) in [5, 5.41) is 3.84. The van der Waals surface area contributed by atoms with Gasteiger partial charge in [0.25, 0.3) is 5.91 Å². The third-order valence-electron chi connectivity index (χ3n) is 4.35. The van der Waals surface area contributed by atoms with Crippen molar-refractivity contribution in [2.45, 2.75) is 18.9 Å². The van der Waals surface area contributed by atoms with Gasteiger partial charge in [0.1, 0.15) is 5.69 Å². The fraction of sp³-hybridized carbons (Fsp3) is 0.263. The molecule has 6 nitrogen and oxygen atoms in total. The minimum absolute atomic E-state index is 0.105. The Labute approximate surface area is 145 Å². The zero-order valence-electron chi connectivity index (χ0n) is 13.7. The predicted molar refractivity (Wildman–Crippen MR) is 94.1 cm³/mol. The van der Waals surface area contributed by atoms with E-state index in [1.807, 2.05) is 24.3 Å². The van der Waals surface area contributed by atoms with Crippen LogP contribution in [0, 0.1) is 0 Å². The highest BCUT2D eigenvalue weighted by Crippen LogP contribution is 2.27. The van der Waals surface area contributed by atoms with E-state index >= 15 is 0 Å². The second-order valence-corrected chi connectivity index (χ2v) is 6.03. The third-order valence-corrected chi connectivity index (χ3v) is 4.35. The van der Waals surface area contributed by atoms with Crippen molar-refractivity contribution >= 4 is 16.8 Å². The second kappa shape index (κ2) is 6.94. The molecule has 0 aromatic carbocycles. The molecule has 0 aliphatic carbocycles. The monoisotopic (exact) mass is 334 g/mol. The molecule has 1 aliphatic rings. The summed E-state index contributed by atoms with van der Waals surface area (Å²) in [5.41, 5.74) is 3.03. The molecule has 1 fully saturated rings. The van der Waals surface area contributed by atoms with Gasteiger partial charge in [-0.05, 0) is 48.2 Å². The Bertz CT molecular complexity index is 892. The van der Waals surface area contributed by atoms with Gasteiger partial charge in [-0.2, -0.15) is 0 Å². The van der Waals surface area contributed by atoms with Crippen LogP contribution in [-0.2, 0) is 4.74 Å². The number of carbonyl (C=O) groups excluding carboxylic acids is 1. The van der Waals surface area contributed by atoms with Gasteiger partial charge in [0.2, 0.25) is 0 Å². The first-order valence-corrected chi connectivity index (χ1v) is 8.36. The molecule has 126 valence electrons. The molecule has 25 heavy (non-hydrogen) atoms. The van der Waals surface area contributed by atoms with E-state index in [0.717, 1.165) is 41.5 Å². The van der Waals surface area contributed by atoms with Crippen LogP contribution in [0.5, 0.6) is 0 Å². The first-order chi connectivity index (χ1) is 12.3. The van der Waals surface area contributed by atoms with Gasteiger partial charge in [-0.1, -0.05) is 0 Å². The molecular formula is C19H18N4O2. The second-order valence-electron chi connectivity index (χ2n) is 6.03. The lowest BCUT2D eigenvalue weighted by atomic mass is 10.0. The number of carbonyl (C=O) groups is 1. The lowest BCUT2D eigenvalue weighted by molar-refractivity contribution is 0.0854. The highest BCUT2D eigenvalue weighted by molar-refractivity contribution is 6.00. The molecule has 1 aliphatic heterocycles. The zero-order valence-corrected chi connectivity index (χ0v) is 13.7. The number of pyridine rings is 3. The SMILES string of the molecule is O=C(NC[C@@H]1CCCO1)c1cc(-c2ccncc2)c2cnccc2n1. The predicted octanol–water partition coefficient (Wildman–Crippen LogP) is 2.60. The van der Waals surface area contributed by atoms with E-state index < -0.39 is 0 Å². The van der Waals surface area contributed by atoms with Gasteiger partial charge in [-0.3, -0.25) is 14.8 Å². The highest BCUT2D eigenvalue weighted by Gasteiger charge is 2.18. The van der Waals surface area contributed by atoms with E-state index in [-0.39, 0.29) is 12.0 Å². The minimum atomic E-state index is -0.190. The van der Waals surface area contributed by atoms with E-state index in [4.69, 9.17) is 4.74 Å². The molecule has 3 aromatic heterocycles. The van der Waals surface area contributed by atoms with Gasteiger partial charge in [0.05, 0.1) is 11.6 Å². The molecule has 6 heteroatoms. The molecular weight excluding hydrogens is 316 g/mol. The van der Waals surface area contributed by atoms with Gasteiger partial charge >= 0.3 is 0 Å². The Morgan fingerprint density at radius 1 is 1.20 bits per heavy atom. The Morgan fingerprint density at radius 3 is 2.84 bits per heavy atom. The van der Waals surface area contributed by atoms with Crippen molar-refractivity contribution in [3.63, 3.8) is 0 Å². The number of hydrogen-bond donors (Lipinski definition) is 1. The largest absolute Gasteiger partial charge is 0.376 e. The summed E-state index contributed by atoms with van der Waals surface area (Å²) in [6, 6.07) is 7.45. The van der Waals surface area contributed by atoms with E-state index in [1.165, 1.54) is 0 Å². The van der Waals surface area contributed by atoms with Crippen LogP contribution < -0.4 is 5.32 Å². The lowest BCUT2D eigenvalue weighted by Gasteiger charge is -2.12. The number of nitrogens with one attached hydrogen (secondary N) is 1. The molecule has 0 radical (unpaired) electrons. The molecule has 1 amide bonds. The maximum Gasteiger partial charge on any atom is 0.270 e. The van der Waals surface area contributed by atoms with Crippen LogP contribution in [-0.4, -0.2) is 40.1 Å². The van der Waals surface area contributed by atoms with Gasteiger partial charge in [-0.15, -0.1) is 0 Å². The average Bonchev–Trinajstić information content (AvgIpc) is 3.19. The van der Waals surface area contributed by atoms with Crippen molar-refractivity contribution < 1.29 is 9.53 Å². The average molecular weight is 334 g/mol. The fourth-order valence-corrected chi connectivity index (χ4v) is 3.06.